The summed E-state index contributed by atoms with van der Waals surface area (Å²) in [7, 11) is 0. The summed E-state index contributed by atoms with van der Waals surface area (Å²) in [6, 6.07) is -0.686. The van der Waals surface area contributed by atoms with Gasteiger partial charge in [0, 0.05) is 11.6 Å². The fourth-order valence-corrected chi connectivity index (χ4v) is 1.79. The maximum atomic E-state index is 13.2. The Balaban J connectivity index is 2.77. The minimum absolute atomic E-state index is 0.00565. The number of fused-ring (bicyclic) bond motifs is 1. The van der Waals surface area contributed by atoms with E-state index in [1.165, 1.54) is 0 Å². The van der Waals surface area contributed by atoms with Crippen LogP contribution in [0, 0.1) is 17.5 Å². The minimum atomic E-state index is -1.56. The monoisotopic (exact) mass is 203 g/mol. The zero-order valence-electron chi connectivity index (χ0n) is 7.15. The number of phenolic OH excluding ortho intramolecular Hbond substituents is 1. The smallest absolute Gasteiger partial charge is 0.203 e. The van der Waals surface area contributed by atoms with Gasteiger partial charge in [0.05, 0.1) is 0 Å². The second kappa shape index (κ2) is 2.88. The van der Waals surface area contributed by atoms with E-state index in [4.69, 9.17) is 10.8 Å². The standard InChI is InChI=1S/C9H8F3NO/c10-6-3-1-2-4(13)5(3)7(11)8(12)9(6)14/h4,14H,1-2,13H2/t4-/m0/s1. The lowest BCUT2D eigenvalue weighted by molar-refractivity contribution is 0.371. The highest BCUT2D eigenvalue weighted by atomic mass is 19.2. The van der Waals surface area contributed by atoms with Crippen LogP contribution >= 0.6 is 0 Å². The molecule has 76 valence electrons. The number of rotatable bonds is 0. The number of hydrogen-bond donors (Lipinski definition) is 2. The van der Waals surface area contributed by atoms with E-state index in [1.807, 2.05) is 0 Å². The molecule has 3 N–H and O–H groups in total. The Hall–Kier alpha value is -1.23. The van der Waals surface area contributed by atoms with Gasteiger partial charge in [0.1, 0.15) is 0 Å². The molecule has 0 bridgehead atoms. The molecule has 0 amide bonds. The Morgan fingerprint density at radius 3 is 2.43 bits per heavy atom. The highest BCUT2D eigenvalue weighted by Gasteiger charge is 2.31. The molecule has 0 spiro atoms. The van der Waals surface area contributed by atoms with Gasteiger partial charge in [0.2, 0.25) is 5.82 Å². The predicted octanol–water partition coefficient (Wildman–Crippen LogP) is 1.76. The molecule has 1 aromatic carbocycles. The largest absolute Gasteiger partial charge is 0.503 e. The molecule has 0 unspecified atom stereocenters. The molecule has 14 heavy (non-hydrogen) atoms. The quantitative estimate of drug-likeness (QED) is 0.631. The van der Waals surface area contributed by atoms with Gasteiger partial charge in [-0.1, -0.05) is 0 Å². The lowest BCUT2D eigenvalue weighted by atomic mass is 10.1. The Bertz CT molecular complexity index is 406. The second-order valence-electron chi connectivity index (χ2n) is 3.33. The van der Waals surface area contributed by atoms with Crippen LogP contribution in [0.15, 0.2) is 0 Å². The highest BCUT2D eigenvalue weighted by molar-refractivity contribution is 5.43. The average molecular weight is 203 g/mol. The first kappa shape index (κ1) is 9.33. The van der Waals surface area contributed by atoms with Crippen LogP contribution in [0.25, 0.3) is 0 Å². The number of nitrogens with two attached hydrogens (primary N) is 1. The van der Waals surface area contributed by atoms with Crippen LogP contribution in [0.3, 0.4) is 0 Å². The second-order valence-corrected chi connectivity index (χ2v) is 3.33. The van der Waals surface area contributed by atoms with Gasteiger partial charge in [-0.25, -0.2) is 8.78 Å². The first-order valence-corrected chi connectivity index (χ1v) is 4.17. The summed E-state index contributed by atoms with van der Waals surface area (Å²) in [5, 5.41) is 8.91. The van der Waals surface area contributed by atoms with E-state index in [0.717, 1.165) is 0 Å². The van der Waals surface area contributed by atoms with Crippen LogP contribution in [0.2, 0.25) is 0 Å². The molecule has 0 radical (unpaired) electrons. The maximum absolute atomic E-state index is 13.2. The van der Waals surface area contributed by atoms with Gasteiger partial charge in [0.25, 0.3) is 0 Å². The van der Waals surface area contributed by atoms with Crippen molar-refractivity contribution in [3.8, 4) is 5.75 Å². The Kier molecular flexibility index (Phi) is 1.92. The first-order valence-electron chi connectivity index (χ1n) is 4.17. The third-order valence-corrected chi connectivity index (χ3v) is 2.51. The van der Waals surface area contributed by atoms with Crippen molar-refractivity contribution in [2.24, 2.45) is 5.73 Å². The number of aromatic hydroxyl groups is 1. The number of benzene rings is 1. The molecule has 1 aliphatic carbocycles. The summed E-state index contributed by atoms with van der Waals surface area (Å²) in [4.78, 5) is 0. The van der Waals surface area contributed by atoms with E-state index >= 15 is 0 Å². The van der Waals surface area contributed by atoms with Gasteiger partial charge in [0.15, 0.2) is 17.4 Å². The van der Waals surface area contributed by atoms with Gasteiger partial charge in [-0.3, -0.25) is 0 Å². The van der Waals surface area contributed by atoms with Crippen LogP contribution in [0.1, 0.15) is 23.6 Å². The highest BCUT2D eigenvalue weighted by Crippen LogP contribution is 2.38. The molecule has 0 fully saturated rings. The van der Waals surface area contributed by atoms with Gasteiger partial charge in [-0.2, -0.15) is 4.39 Å². The van der Waals surface area contributed by atoms with Crippen LogP contribution in [-0.2, 0) is 6.42 Å². The lowest BCUT2D eigenvalue weighted by Crippen LogP contribution is -2.09. The fourth-order valence-electron chi connectivity index (χ4n) is 1.79. The summed E-state index contributed by atoms with van der Waals surface area (Å²) in [6.45, 7) is 0. The van der Waals surface area contributed by atoms with Crippen molar-refractivity contribution in [2.45, 2.75) is 18.9 Å². The van der Waals surface area contributed by atoms with Crippen LogP contribution in [-0.4, -0.2) is 5.11 Å². The molecule has 0 aliphatic heterocycles. The molecule has 0 aromatic heterocycles. The molecular weight excluding hydrogens is 195 g/mol. The van der Waals surface area contributed by atoms with Crippen molar-refractivity contribution < 1.29 is 18.3 Å². The summed E-state index contributed by atoms with van der Waals surface area (Å²) < 4.78 is 39.3. The van der Waals surface area contributed by atoms with E-state index in [1.54, 1.807) is 0 Å². The molecule has 2 nitrogen and oxygen atoms in total. The number of hydrogen-bond acceptors (Lipinski definition) is 2. The average Bonchev–Trinajstić information content (AvgIpc) is 2.54. The maximum Gasteiger partial charge on any atom is 0.203 e. The molecule has 0 saturated heterocycles. The molecule has 1 atom stereocenters. The topological polar surface area (TPSA) is 46.2 Å². The van der Waals surface area contributed by atoms with Crippen molar-refractivity contribution >= 4 is 0 Å². The third-order valence-electron chi connectivity index (χ3n) is 2.51. The van der Waals surface area contributed by atoms with E-state index in [-0.39, 0.29) is 17.5 Å². The van der Waals surface area contributed by atoms with Gasteiger partial charge < -0.3 is 10.8 Å². The molecule has 0 saturated carbocycles. The molecule has 5 heteroatoms. The first-order chi connectivity index (χ1) is 6.54. The van der Waals surface area contributed by atoms with Crippen LogP contribution in [0.5, 0.6) is 5.75 Å². The van der Waals surface area contributed by atoms with Gasteiger partial charge in [-0.15, -0.1) is 0 Å². The van der Waals surface area contributed by atoms with Crippen molar-refractivity contribution in [3.05, 3.63) is 28.6 Å². The Morgan fingerprint density at radius 1 is 1.14 bits per heavy atom. The normalized spacial score (nSPS) is 19.9. The summed E-state index contributed by atoms with van der Waals surface area (Å²) >= 11 is 0. The van der Waals surface area contributed by atoms with E-state index in [9.17, 15) is 13.2 Å². The summed E-state index contributed by atoms with van der Waals surface area (Å²) in [6.07, 6.45) is 0.596. The van der Waals surface area contributed by atoms with Gasteiger partial charge >= 0.3 is 0 Å². The Labute approximate surface area is 78.2 Å². The SMILES string of the molecule is N[C@H]1CCc2c(F)c(O)c(F)c(F)c21. The minimum Gasteiger partial charge on any atom is -0.503 e. The van der Waals surface area contributed by atoms with Crippen molar-refractivity contribution in [3.63, 3.8) is 0 Å². The summed E-state index contributed by atoms with van der Waals surface area (Å²) in [5.41, 5.74) is 5.33. The van der Waals surface area contributed by atoms with Crippen molar-refractivity contribution in [1.82, 2.24) is 0 Å². The van der Waals surface area contributed by atoms with Crippen LogP contribution in [0.4, 0.5) is 13.2 Å². The van der Waals surface area contributed by atoms with Gasteiger partial charge in [-0.05, 0) is 18.4 Å². The fraction of sp³-hybridized carbons (Fsp3) is 0.333. The van der Waals surface area contributed by atoms with E-state index in [2.05, 4.69) is 0 Å². The van der Waals surface area contributed by atoms with Crippen LogP contribution < -0.4 is 5.73 Å². The molecule has 2 rings (SSSR count). The molecule has 0 heterocycles. The zero-order valence-corrected chi connectivity index (χ0v) is 7.15. The molecule has 1 aliphatic rings. The van der Waals surface area contributed by atoms with Crippen molar-refractivity contribution in [2.75, 3.05) is 0 Å². The number of phenols is 1. The Morgan fingerprint density at radius 2 is 1.79 bits per heavy atom. The zero-order chi connectivity index (χ0) is 10.5. The predicted molar refractivity (Wildman–Crippen MR) is 43.2 cm³/mol. The molecular formula is C9H8F3NO. The summed E-state index contributed by atoms with van der Waals surface area (Å²) in [5.74, 6) is -5.13. The van der Waals surface area contributed by atoms with Crippen molar-refractivity contribution in [1.29, 1.82) is 0 Å². The lowest BCUT2D eigenvalue weighted by Gasteiger charge is -2.09. The van der Waals surface area contributed by atoms with E-state index in [0.29, 0.717) is 6.42 Å². The van der Waals surface area contributed by atoms with E-state index < -0.39 is 29.2 Å². The molecule has 1 aromatic rings. The number of halogens is 3. The third kappa shape index (κ3) is 1.02.